The molecule has 5 nitrogen and oxygen atoms in total. The fourth-order valence-electron chi connectivity index (χ4n) is 3.54. The van der Waals surface area contributed by atoms with Crippen molar-refractivity contribution >= 4 is 34.6 Å². The van der Waals surface area contributed by atoms with Crippen LogP contribution >= 0.6 is 11.6 Å². The molecule has 6 heteroatoms. The first-order chi connectivity index (χ1) is 13.9. The normalized spacial score (nSPS) is 14.0. The second kappa shape index (κ2) is 6.98. The van der Waals surface area contributed by atoms with E-state index in [1.807, 2.05) is 44.2 Å². The van der Waals surface area contributed by atoms with E-state index in [1.165, 1.54) is 0 Å². The molecule has 0 spiro atoms. The lowest BCUT2D eigenvalue weighted by molar-refractivity contribution is 0.572. The van der Waals surface area contributed by atoms with Gasteiger partial charge in [-0.1, -0.05) is 11.6 Å². The smallest absolute Gasteiger partial charge is 0.142 e. The molecule has 2 heterocycles. The van der Waals surface area contributed by atoms with Crippen molar-refractivity contribution in [3.63, 3.8) is 0 Å². The van der Waals surface area contributed by atoms with Crippen molar-refractivity contribution in [1.82, 2.24) is 4.98 Å². The predicted octanol–water partition coefficient (Wildman–Crippen LogP) is 5.61. The van der Waals surface area contributed by atoms with Gasteiger partial charge in [-0.3, -0.25) is 0 Å². The molecule has 0 bridgehead atoms. The Kier molecular flexibility index (Phi) is 4.47. The summed E-state index contributed by atoms with van der Waals surface area (Å²) in [5, 5.41) is 19.7. The number of nitrogen functional groups attached to an aromatic ring is 1. The second-order valence-electron chi connectivity index (χ2n) is 6.71. The van der Waals surface area contributed by atoms with E-state index >= 15 is 0 Å². The lowest BCUT2D eigenvalue weighted by atomic mass is 9.96. The molecule has 0 saturated carbocycles. The number of benzene rings is 1. The molecule has 0 unspecified atom stereocenters. The Balaban J connectivity index is 1.86. The van der Waals surface area contributed by atoms with Gasteiger partial charge in [-0.25, -0.2) is 4.98 Å². The summed E-state index contributed by atoms with van der Waals surface area (Å²) < 4.78 is 5.99. The predicted molar refractivity (Wildman–Crippen MR) is 113 cm³/mol. The topological polar surface area (TPSA) is 99.6 Å². The van der Waals surface area contributed by atoms with E-state index in [0.717, 1.165) is 22.3 Å². The summed E-state index contributed by atoms with van der Waals surface area (Å²) in [6.07, 6.45) is 1.87. The van der Waals surface area contributed by atoms with Crippen molar-refractivity contribution in [3.05, 3.63) is 75.1 Å². The van der Waals surface area contributed by atoms with Crippen LogP contribution in [-0.2, 0) is 0 Å². The molecule has 140 valence electrons. The van der Waals surface area contributed by atoms with E-state index in [9.17, 15) is 10.5 Å². The zero-order valence-corrected chi connectivity index (χ0v) is 16.5. The fourth-order valence-corrected chi connectivity index (χ4v) is 3.66. The highest BCUT2D eigenvalue weighted by atomic mass is 35.5. The van der Waals surface area contributed by atoms with E-state index in [4.69, 9.17) is 21.8 Å². The number of aromatic nitrogens is 1. The van der Waals surface area contributed by atoms with Gasteiger partial charge in [0.15, 0.2) is 0 Å². The van der Waals surface area contributed by atoms with Crippen LogP contribution in [0.25, 0.3) is 28.5 Å². The molecule has 4 rings (SSSR count). The third kappa shape index (κ3) is 2.99. The van der Waals surface area contributed by atoms with Crippen LogP contribution in [0.2, 0.25) is 5.02 Å². The number of allylic oxidation sites excluding steroid dienone is 3. The Hall–Kier alpha value is -3.80. The highest BCUT2D eigenvalue weighted by molar-refractivity contribution is 6.30. The molecular formula is C23H15ClN4O. The molecule has 0 radical (unpaired) electrons. The van der Waals surface area contributed by atoms with E-state index < -0.39 is 0 Å². The number of furan rings is 1. The van der Waals surface area contributed by atoms with Crippen molar-refractivity contribution in [2.45, 2.75) is 13.8 Å². The number of nitrogens with zero attached hydrogens (tertiary/aromatic N) is 3. The van der Waals surface area contributed by atoms with Gasteiger partial charge in [-0.2, -0.15) is 10.5 Å². The largest absolute Gasteiger partial charge is 0.457 e. The fraction of sp³-hybridized carbons (Fsp3) is 0.0870. The van der Waals surface area contributed by atoms with Crippen LogP contribution in [0.15, 0.2) is 46.4 Å². The first-order valence-electron chi connectivity index (χ1n) is 8.84. The molecule has 29 heavy (non-hydrogen) atoms. The summed E-state index contributed by atoms with van der Waals surface area (Å²) in [6, 6.07) is 15.4. The average molecular weight is 399 g/mol. The van der Waals surface area contributed by atoms with Crippen LogP contribution in [0.1, 0.15) is 35.1 Å². The van der Waals surface area contributed by atoms with Crippen LogP contribution in [0, 0.1) is 29.6 Å². The SMILES string of the molecule is CC1=C(C#N)c2nc(N)c(C#N)c(C)c2/C1=C/c1ccc(-c2ccc(Cl)cc2)o1. The van der Waals surface area contributed by atoms with Crippen LogP contribution in [0.4, 0.5) is 5.82 Å². The first kappa shape index (κ1) is 18.6. The number of pyridine rings is 1. The van der Waals surface area contributed by atoms with E-state index in [2.05, 4.69) is 17.1 Å². The minimum atomic E-state index is 0.133. The maximum Gasteiger partial charge on any atom is 0.142 e. The van der Waals surface area contributed by atoms with Gasteiger partial charge in [0.05, 0.1) is 16.8 Å². The minimum Gasteiger partial charge on any atom is -0.457 e. The molecule has 0 atom stereocenters. The van der Waals surface area contributed by atoms with Gasteiger partial charge in [-0.05, 0) is 73.0 Å². The average Bonchev–Trinajstić information content (AvgIpc) is 3.26. The Morgan fingerprint density at radius 2 is 1.79 bits per heavy atom. The lowest BCUT2D eigenvalue weighted by Crippen LogP contribution is -2.03. The Morgan fingerprint density at radius 1 is 1.07 bits per heavy atom. The maximum atomic E-state index is 9.64. The zero-order valence-electron chi connectivity index (χ0n) is 15.7. The molecule has 3 aromatic rings. The molecule has 0 amide bonds. The van der Waals surface area contributed by atoms with Crippen molar-refractivity contribution in [1.29, 1.82) is 10.5 Å². The molecule has 2 aromatic heterocycles. The molecule has 1 aliphatic carbocycles. The first-order valence-corrected chi connectivity index (χ1v) is 9.22. The van der Waals surface area contributed by atoms with Crippen molar-refractivity contribution in [3.8, 4) is 23.5 Å². The summed E-state index contributed by atoms with van der Waals surface area (Å²) in [5.74, 6) is 1.47. The number of halogens is 1. The molecule has 0 fully saturated rings. The molecule has 2 N–H and O–H groups in total. The van der Waals surface area contributed by atoms with Crippen LogP contribution in [-0.4, -0.2) is 4.98 Å². The monoisotopic (exact) mass is 398 g/mol. The van der Waals surface area contributed by atoms with E-state index in [-0.39, 0.29) is 5.82 Å². The van der Waals surface area contributed by atoms with Gasteiger partial charge in [0.1, 0.15) is 29.5 Å². The van der Waals surface area contributed by atoms with Crippen molar-refractivity contribution in [2.75, 3.05) is 5.73 Å². The maximum absolute atomic E-state index is 9.64. The summed E-state index contributed by atoms with van der Waals surface area (Å²) in [4.78, 5) is 4.33. The highest BCUT2D eigenvalue weighted by Crippen LogP contribution is 2.44. The molecule has 0 saturated heterocycles. The van der Waals surface area contributed by atoms with E-state index in [0.29, 0.717) is 38.9 Å². The van der Waals surface area contributed by atoms with Gasteiger partial charge >= 0.3 is 0 Å². The van der Waals surface area contributed by atoms with Crippen LogP contribution < -0.4 is 5.73 Å². The van der Waals surface area contributed by atoms with Crippen molar-refractivity contribution < 1.29 is 4.42 Å². The lowest BCUT2D eigenvalue weighted by Gasteiger charge is -2.10. The Morgan fingerprint density at radius 3 is 2.45 bits per heavy atom. The van der Waals surface area contributed by atoms with Crippen LogP contribution in [0.5, 0.6) is 0 Å². The standard InChI is InChI=1S/C23H15ClN4O/c1-12-17(9-16-7-8-20(29-16)14-3-5-15(24)6-4-14)21-13(2)19(11-26)23(27)28-22(21)18(12)10-25/h3-9H,1-2H3,(H2,27,28)/b17-9+. The quantitative estimate of drug-likeness (QED) is 0.604. The summed E-state index contributed by atoms with van der Waals surface area (Å²) >= 11 is 5.95. The van der Waals surface area contributed by atoms with Gasteiger partial charge in [0.25, 0.3) is 0 Å². The number of anilines is 1. The summed E-state index contributed by atoms with van der Waals surface area (Å²) in [6.45, 7) is 3.68. The summed E-state index contributed by atoms with van der Waals surface area (Å²) in [7, 11) is 0. The zero-order chi connectivity index (χ0) is 20.7. The number of hydrogen-bond donors (Lipinski definition) is 1. The molecular weight excluding hydrogens is 384 g/mol. The van der Waals surface area contributed by atoms with E-state index in [1.54, 1.807) is 12.1 Å². The van der Waals surface area contributed by atoms with Gasteiger partial charge in [0.2, 0.25) is 0 Å². The molecule has 1 aromatic carbocycles. The number of rotatable bonds is 2. The molecule has 1 aliphatic rings. The number of nitrogens with two attached hydrogens (primary N) is 1. The highest BCUT2D eigenvalue weighted by Gasteiger charge is 2.29. The third-order valence-corrected chi connectivity index (χ3v) is 5.28. The summed E-state index contributed by atoms with van der Waals surface area (Å²) in [5.41, 5.74) is 11.2. The minimum absolute atomic E-state index is 0.133. The molecule has 0 aliphatic heterocycles. The third-order valence-electron chi connectivity index (χ3n) is 5.03. The van der Waals surface area contributed by atoms with Gasteiger partial charge in [0, 0.05) is 16.1 Å². The van der Waals surface area contributed by atoms with Crippen LogP contribution in [0.3, 0.4) is 0 Å². The number of fused-ring (bicyclic) bond motifs is 1. The number of nitriles is 2. The second-order valence-corrected chi connectivity index (χ2v) is 7.15. The Bertz CT molecular complexity index is 1300. The van der Waals surface area contributed by atoms with Gasteiger partial charge < -0.3 is 10.2 Å². The van der Waals surface area contributed by atoms with Crippen molar-refractivity contribution in [2.24, 2.45) is 0 Å². The number of hydrogen-bond acceptors (Lipinski definition) is 5. The van der Waals surface area contributed by atoms with Gasteiger partial charge in [-0.15, -0.1) is 0 Å². The Labute approximate surface area is 173 Å².